The Morgan fingerprint density at radius 2 is 1.54 bits per heavy atom. The number of primary sulfonamides is 1. The maximum absolute atomic E-state index is 13.7. The van der Waals surface area contributed by atoms with Gasteiger partial charge in [0.1, 0.15) is 11.0 Å². The summed E-state index contributed by atoms with van der Waals surface area (Å²) in [6, 6.07) is 21.1. The van der Waals surface area contributed by atoms with Gasteiger partial charge in [-0.3, -0.25) is 4.79 Å². The number of piperazine rings is 1. The number of nitrogens with two attached hydrogens (primary N) is 1. The zero-order chi connectivity index (χ0) is 28.9. The van der Waals surface area contributed by atoms with Gasteiger partial charge in [0.05, 0.1) is 16.9 Å². The predicted octanol–water partition coefficient (Wildman–Crippen LogP) is 3.71. The average Bonchev–Trinajstić information content (AvgIpc) is 3.39. The lowest BCUT2D eigenvalue weighted by atomic mass is 9.94. The Hall–Kier alpha value is -3.87. The monoisotopic (exact) mass is 569 g/mol. The lowest BCUT2D eigenvalue weighted by Crippen LogP contribution is -2.49. The molecule has 2 N–H and O–H groups in total. The third-order valence-electron chi connectivity index (χ3n) is 9.18. The molecule has 1 amide bonds. The first kappa shape index (κ1) is 27.3. The number of sulfonamides is 1. The van der Waals surface area contributed by atoms with E-state index in [9.17, 15) is 18.5 Å². The van der Waals surface area contributed by atoms with Gasteiger partial charge in [-0.15, -0.1) is 0 Å². The SMILES string of the molecule is Cc1cc(C)c(C(=O)N2CCN(c3ccccc3S(N)(=O)=O)CC2)cc1CC1C2CN(c3ccccc3C#N)CC12. The fourth-order valence-electron chi connectivity index (χ4n) is 6.87. The molecular formula is C32H35N5O3S. The van der Waals surface area contributed by atoms with E-state index in [2.05, 4.69) is 30.0 Å². The number of carbonyl (C=O) groups is 1. The number of nitriles is 1. The van der Waals surface area contributed by atoms with E-state index in [0.29, 0.717) is 49.6 Å². The highest BCUT2D eigenvalue weighted by atomic mass is 32.2. The summed E-state index contributed by atoms with van der Waals surface area (Å²) in [5, 5.41) is 14.9. The fraction of sp³-hybridized carbons (Fsp3) is 0.375. The predicted molar refractivity (Wildman–Crippen MR) is 159 cm³/mol. The number of carbonyl (C=O) groups excluding carboxylic acids is 1. The van der Waals surface area contributed by atoms with Gasteiger partial charge >= 0.3 is 0 Å². The second-order valence-corrected chi connectivity index (χ2v) is 13.1. The molecule has 2 aliphatic heterocycles. The molecule has 2 atom stereocenters. The molecule has 3 aromatic rings. The number of anilines is 2. The first-order valence-electron chi connectivity index (χ1n) is 14.2. The second-order valence-electron chi connectivity index (χ2n) is 11.6. The first-order valence-corrected chi connectivity index (χ1v) is 15.7. The van der Waals surface area contributed by atoms with Crippen molar-refractivity contribution in [1.82, 2.24) is 4.90 Å². The number of fused-ring (bicyclic) bond motifs is 1. The molecule has 0 spiro atoms. The Bertz CT molecular complexity index is 1640. The van der Waals surface area contributed by atoms with E-state index >= 15 is 0 Å². The van der Waals surface area contributed by atoms with Crippen LogP contribution in [0.25, 0.3) is 0 Å². The Kier molecular flexibility index (Phi) is 7.00. The van der Waals surface area contributed by atoms with Crippen molar-refractivity contribution in [2.75, 3.05) is 49.1 Å². The van der Waals surface area contributed by atoms with Crippen LogP contribution in [0.3, 0.4) is 0 Å². The van der Waals surface area contributed by atoms with Gasteiger partial charge in [-0.25, -0.2) is 13.6 Å². The van der Waals surface area contributed by atoms with Crippen molar-refractivity contribution in [3.05, 3.63) is 88.5 Å². The lowest BCUT2D eigenvalue weighted by molar-refractivity contribution is 0.0745. The van der Waals surface area contributed by atoms with Gasteiger partial charge in [0.2, 0.25) is 10.0 Å². The molecule has 2 saturated heterocycles. The van der Waals surface area contributed by atoms with Crippen LogP contribution < -0.4 is 14.9 Å². The van der Waals surface area contributed by atoms with Gasteiger partial charge in [-0.2, -0.15) is 5.26 Å². The van der Waals surface area contributed by atoms with Crippen LogP contribution in [-0.4, -0.2) is 58.5 Å². The maximum Gasteiger partial charge on any atom is 0.254 e. The summed E-state index contributed by atoms with van der Waals surface area (Å²) in [5.74, 6) is 1.87. The highest BCUT2D eigenvalue weighted by Crippen LogP contribution is 2.54. The Labute approximate surface area is 242 Å². The third-order valence-corrected chi connectivity index (χ3v) is 10.1. The van der Waals surface area contributed by atoms with Crippen LogP contribution >= 0.6 is 0 Å². The van der Waals surface area contributed by atoms with Crippen LogP contribution in [0.1, 0.15) is 32.6 Å². The largest absolute Gasteiger partial charge is 0.370 e. The standard InChI is InChI=1S/C32H35N5O3S/c1-21-15-22(2)25(32(38)36-13-11-35(12-14-36)30-9-5-6-10-31(30)41(34,39)40)16-24(21)17-26-27-19-37(20-28(26)27)29-8-4-3-7-23(29)18-33/h3-10,15-16,26-28H,11-14,17,19-20H2,1-2H3,(H2,34,39,40). The van der Waals surface area contributed by atoms with Gasteiger partial charge in [0.25, 0.3) is 5.91 Å². The molecule has 3 aliphatic rings. The van der Waals surface area contributed by atoms with Gasteiger partial charge in [-0.05, 0) is 85.0 Å². The molecule has 0 aromatic heterocycles. The molecule has 41 heavy (non-hydrogen) atoms. The average molecular weight is 570 g/mol. The lowest BCUT2D eigenvalue weighted by Gasteiger charge is -2.37. The Morgan fingerprint density at radius 1 is 0.902 bits per heavy atom. The van der Waals surface area contributed by atoms with Gasteiger partial charge in [-0.1, -0.05) is 30.3 Å². The van der Waals surface area contributed by atoms with Crippen LogP contribution in [0, 0.1) is 42.9 Å². The Balaban J connectivity index is 1.11. The summed E-state index contributed by atoms with van der Waals surface area (Å²) < 4.78 is 24.1. The van der Waals surface area contributed by atoms with Crippen LogP contribution in [0.15, 0.2) is 65.6 Å². The zero-order valence-electron chi connectivity index (χ0n) is 23.5. The third kappa shape index (κ3) is 5.18. The highest BCUT2D eigenvalue weighted by molar-refractivity contribution is 7.89. The molecule has 0 bridgehead atoms. The number of amides is 1. The number of piperidine rings is 1. The highest BCUT2D eigenvalue weighted by Gasteiger charge is 2.55. The van der Waals surface area contributed by atoms with E-state index in [1.165, 1.54) is 17.2 Å². The molecular weight excluding hydrogens is 534 g/mol. The van der Waals surface area contributed by atoms with Crippen molar-refractivity contribution in [1.29, 1.82) is 5.26 Å². The quantitative estimate of drug-likeness (QED) is 0.485. The summed E-state index contributed by atoms with van der Waals surface area (Å²) in [6.45, 7) is 8.17. The molecule has 212 valence electrons. The van der Waals surface area contributed by atoms with E-state index < -0.39 is 10.0 Å². The molecule has 3 aromatic carbocycles. The minimum atomic E-state index is -3.84. The molecule has 2 heterocycles. The van der Waals surface area contributed by atoms with Crippen molar-refractivity contribution in [2.45, 2.75) is 25.2 Å². The van der Waals surface area contributed by atoms with Crippen molar-refractivity contribution in [3.63, 3.8) is 0 Å². The van der Waals surface area contributed by atoms with Crippen molar-refractivity contribution in [3.8, 4) is 6.07 Å². The molecule has 2 unspecified atom stereocenters. The summed E-state index contributed by atoms with van der Waals surface area (Å²) in [7, 11) is -3.84. The molecule has 0 radical (unpaired) electrons. The molecule has 9 heteroatoms. The Morgan fingerprint density at radius 3 is 2.20 bits per heavy atom. The van der Waals surface area contributed by atoms with Crippen molar-refractivity contribution < 1.29 is 13.2 Å². The molecule has 1 aliphatic carbocycles. The van der Waals surface area contributed by atoms with E-state index in [0.717, 1.165) is 41.9 Å². The maximum atomic E-state index is 13.7. The van der Waals surface area contributed by atoms with Crippen molar-refractivity contribution >= 4 is 27.3 Å². The fourth-order valence-corrected chi connectivity index (χ4v) is 7.63. The zero-order valence-corrected chi connectivity index (χ0v) is 24.3. The van der Waals surface area contributed by atoms with E-state index in [-0.39, 0.29) is 10.8 Å². The summed E-state index contributed by atoms with van der Waals surface area (Å²) in [5.41, 5.74) is 6.54. The topological polar surface area (TPSA) is 111 Å². The van der Waals surface area contributed by atoms with E-state index in [4.69, 9.17) is 5.14 Å². The summed E-state index contributed by atoms with van der Waals surface area (Å²) >= 11 is 0. The van der Waals surface area contributed by atoms with Crippen LogP contribution in [-0.2, 0) is 16.4 Å². The molecule has 3 fully saturated rings. The molecule has 6 rings (SSSR count). The van der Waals surface area contributed by atoms with Gasteiger partial charge in [0, 0.05) is 44.8 Å². The normalized spacial score (nSPS) is 21.9. The summed E-state index contributed by atoms with van der Waals surface area (Å²) in [6.07, 6.45) is 0.966. The first-order chi connectivity index (χ1) is 19.7. The number of rotatable bonds is 6. The summed E-state index contributed by atoms with van der Waals surface area (Å²) in [4.78, 5) is 20.0. The number of benzene rings is 3. The minimum Gasteiger partial charge on any atom is -0.370 e. The molecule has 1 saturated carbocycles. The number of para-hydroxylation sites is 2. The van der Waals surface area contributed by atoms with Crippen LogP contribution in [0.4, 0.5) is 11.4 Å². The minimum absolute atomic E-state index is 0.0263. The number of aryl methyl sites for hydroxylation is 2. The van der Waals surface area contributed by atoms with Crippen LogP contribution in [0.2, 0.25) is 0 Å². The van der Waals surface area contributed by atoms with E-state index in [1.807, 2.05) is 41.0 Å². The van der Waals surface area contributed by atoms with E-state index in [1.54, 1.807) is 18.2 Å². The number of nitrogens with zero attached hydrogens (tertiary/aromatic N) is 4. The smallest absolute Gasteiger partial charge is 0.254 e. The molecule has 8 nitrogen and oxygen atoms in total. The number of hydrogen-bond acceptors (Lipinski definition) is 6. The van der Waals surface area contributed by atoms with Crippen molar-refractivity contribution in [2.24, 2.45) is 22.9 Å². The number of hydrogen-bond donors (Lipinski definition) is 1. The second kappa shape index (κ2) is 10.5. The van der Waals surface area contributed by atoms with Crippen LogP contribution in [0.5, 0.6) is 0 Å². The van der Waals surface area contributed by atoms with Gasteiger partial charge in [0.15, 0.2) is 0 Å². The van der Waals surface area contributed by atoms with Gasteiger partial charge < -0.3 is 14.7 Å².